The molecule has 0 aromatic heterocycles. The number of hydrogen-bond acceptors (Lipinski definition) is 3. The third-order valence-electron chi connectivity index (χ3n) is 2.06. The molecule has 0 spiro atoms. The topological polar surface area (TPSA) is 43.4 Å². The number of allylic oxidation sites excluding steroid dienone is 4. The number of carbonyl (C=O) groups is 2. The van der Waals surface area contributed by atoms with Crippen molar-refractivity contribution in [2.24, 2.45) is 0 Å². The Morgan fingerprint density at radius 3 is 2.18 bits per heavy atom. The molecule has 0 N–H and O–H groups in total. The minimum atomic E-state index is -0.110. The Labute approximate surface area is 100 Å². The molecule has 1 rings (SSSR count). The fourth-order valence-corrected chi connectivity index (χ4v) is 1.19. The van der Waals surface area contributed by atoms with Gasteiger partial charge in [0.25, 0.3) is 0 Å². The van der Waals surface area contributed by atoms with Gasteiger partial charge in [-0.3, -0.25) is 9.59 Å². The van der Waals surface area contributed by atoms with E-state index in [1.165, 1.54) is 19.1 Å². The van der Waals surface area contributed by atoms with Crippen LogP contribution in [0.3, 0.4) is 0 Å². The summed E-state index contributed by atoms with van der Waals surface area (Å²) in [5, 5.41) is 0. The zero-order chi connectivity index (χ0) is 12.7. The van der Waals surface area contributed by atoms with E-state index in [-0.39, 0.29) is 11.6 Å². The molecule has 0 saturated carbocycles. The molecule has 0 fully saturated rings. The van der Waals surface area contributed by atoms with Crippen molar-refractivity contribution in [2.75, 3.05) is 7.11 Å². The first-order valence-corrected chi connectivity index (χ1v) is 5.17. The molecule has 0 unspecified atom stereocenters. The predicted molar refractivity (Wildman–Crippen MR) is 66.3 cm³/mol. The highest BCUT2D eigenvalue weighted by Gasteiger charge is 2.00. The van der Waals surface area contributed by atoms with E-state index in [2.05, 4.69) is 0 Å². The molecule has 17 heavy (non-hydrogen) atoms. The summed E-state index contributed by atoms with van der Waals surface area (Å²) >= 11 is 0. The van der Waals surface area contributed by atoms with Crippen molar-refractivity contribution in [3.05, 3.63) is 54.1 Å². The molecule has 0 radical (unpaired) electrons. The molecule has 0 aliphatic heterocycles. The summed E-state index contributed by atoms with van der Waals surface area (Å²) in [7, 11) is 1.57. The van der Waals surface area contributed by atoms with E-state index in [9.17, 15) is 9.59 Å². The van der Waals surface area contributed by atoms with E-state index in [4.69, 9.17) is 4.74 Å². The van der Waals surface area contributed by atoms with Crippen LogP contribution >= 0.6 is 0 Å². The lowest BCUT2D eigenvalue weighted by molar-refractivity contribution is -0.112. The highest BCUT2D eigenvalue weighted by atomic mass is 16.5. The van der Waals surface area contributed by atoms with E-state index < -0.39 is 0 Å². The highest BCUT2D eigenvalue weighted by molar-refractivity contribution is 6.04. The monoisotopic (exact) mass is 230 g/mol. The fraction of sp³-hybridized carbons (Fsp3) is 0.143. The van der Waals surface area contributed by atoms with Gasteiger partial charge in [0.05, 0.1) is 7.11 Å². The van der Waals surface area contributed by atoms with Gasteiger partial charge in [-0.25, -0.2) is 0 Å². The average molecular weight is 230 g/mol. The molecule has 0 amide bonds. The molecular weight excluding hydrogens is 216 g/mol. The lowest BCUT2D eigenvalue weighted by Gasteiger charge is -1.99. The van der Waals surface area contributed by atoms with Gasteiger partial charge < -0.3 is 4.74 Å². The zero-order valence-electron chi connectivity index (χ0n) is 9.84. The van der Waals surface area contributed by atoms with Gasteiger partial charge in [-0.2, -0.15) is 0 Å². The number of ether oxygens (including phenoxy) is 1. The Morgan fingerprint density at radius 2 is 1.65 bits per heavy atom. The molecule has 0 saturated heterocycles. The molecule has 3 heteroatoms. The van der Waals surface area contributed by atoms with Crippen molar-refractivity contribution >= 4 is 11.6 Å². The zero-order valence-corrected chi connectivity index (χ0v) is 9.84. The van der Waals surface area contributed by atoms with Gasteiger partial charge >= 0.3 is 0 Å². The van der Waals surface area contributed by atoms with Gasteiger partial charge in [0.15, 0.2) is 11.6 Å². The van der Waals surface area contributed by atoms with Gasteiger partial charge in [0.2, 0.25) is 0 Å². The lowest BCUT2D eigenvalue weighted by Crippen LogP contribution is -1.93. The number of hydrogen-bond donors (Lipinski definition) is 0. The normalized spacial score (nSPS) is 10.9. The molecule has 0 atom stereocenters. The third-order valence-corrected chi connectivity index (χ3v) is 2.06. The van der Waals surface area contributed by atoms with Crippen molar-refractivity contribution < 1.29 is 14.3 Å². The van der Waals surface area contributed by atoms with Crippen LogP contribution in [0.5, 0.6) is 5.75 Å². The average Bonchev–Trinajstić information content (AvgIpc) is 2.34. The van der Waals surface area contributed by atoms with Crippen LogP contribution in [0.2, 0.25) is 0 Å². The maximum atomic E-state index is 11.6. The Balaban J connectivity index is 2.66. The van der Waals surface area contributed by atoms with Gasteiger partial charge in [-0.05, 0) is 43.3 Å². The Kier molecular flexibility index (Phi) is 4.88. The molecule has 0 aliphatic rings. The highest BCUT2D eigenvalue weighted by Crippen LogP contribution is 2.11. The van der Waals surface area contributed by atoms with Crippen molar-refractivity contribution in [1.82, 2.24) is 0 Å². The summed E-state index contributed by atoms with van der Waals surface area (Å²) in [5.74, 6) is 0.550. The summed E-state index contributed by atoms with van der Waals surface area (Å²) in [5.41, 5.74) is 0.582. The van der Waals surface area contributed by atoms with Crippen molar-refractivity contribution in [2.45, 2.75) is 6.92 Å². The van der Waals surface area contributed by atoms with Crippen LogP contribution in [0.25, 0.3) is 0 Å². The molecule has 1 aromatic carbocycles. The number of benzene rings is 1. The molecule has 0 heterocycles. The maximum Gasteiger partial charge on any atom is 0.185 e. The molecular formula is C14H14O3. The van der Waals surface area contributed by atoms with E-state index in [1.807, 2.05) is 0 Å². The predicted octanol–water partition coefficient (Wildman–Crippen LogP) is 2.58. The van der Waals surface area contributed by atoms with E-state index in [1.54, 1.807) is 43.5 Å². The summed E-state index contributed by atoms with van der Waals surface area (Å²) in [6, 6.07) is 6.85. The van der Waals surface area contributed by atoms with Crippen LogP contribution in [-0.2, 0) is 4.79 Å². The van der Waals surface area contributed by atoms with Crippen LogP contribution in [0.4, 0.5) is 0 Å². The minimum Gasteiger partial charge on any atom is -0.497 e. The second kappa shape index (κ2) is 6.43. The largest absolute Gasteiger partial charge is 0.497 e. The Bertz CT molecular complexity index is 453. The Morgan fingerprint density at radius 1 is 1.06 bits per heavy atom. The summed E-state index contributed by atoms with van der Waals surface area (Å²) in [4.78, 5) is 22.3. The molecule has 0 aliphatic carbocycles. The van der Waals surface area contributed by atoms with Gasteiger partial charge in [0, 0.05) is 5.56 Å². The number of rotatable bonds is 5. The van der Waals surface area contributed by atoms with Crippen molar-refractivity contribution in [1.29, 1.82) is 0 Å². The molecule has 3 nitrogen and oxygen atoms in total. The van der Waals surface area contributed by atoms with E-state index >= 15 is 0 Å². The first-order valence-electron chi connectivity index (χ1n) is 5.17. The van der Waals surface area contributed by atoms with Gasteiger partial charge in [-0.15, -0.1) is 0 Å². The van der Waals surface area contributed by atoms with Crippen LogP contribution in [0, 0.1) is 0 Å². The Hall–Kier alpha value is -2.16. The lowest BCUT2D eigenvalue weighted by atomic mass is 10.1. The van der Waals surface area contributed by atoms with E-state index in [0.29, 0.717) is 11.3 Å². The van der Waals surface area contributed by atoms with Crippen LogP contribution in [-0.4, -0.2) is 18.7 Å². The molecule has 1 aromatic rings. The van der Waals surface area contributed by atoms with Gasteiger partial charge in [0.1, 0.15) is 5.75 Å². The smallest absolute Gasteiger partial charge is 0.185 e. The first-order chi connectivity index (χ1) is 8.13. The van der Waals surface area contributed by atoms with Crippen LogP contribution in [0.1, 0.15) is 17.3 Å². The quantitative estimate of drug-likeness (QED) is 0.443. The van der Waals surface area contributed by atoms with Crippen molar-refractivity contribution in [3.63, 3.8) is 0 Å². The third kappa shape index (κ3) is 4.47. The van der Waals surface area contributed by atoms with Crippen LogP contribution < -0.4 is 4.74 Å². The number of ketones is 2. The number of carbonyl (C=O) groups excluding carboxylic acids is 2. The minimum absolute atomic E-state index is 0.0495. The van der Waals surface area contributed by atoms with E-state index in [0.717, 1.165) is 0 Å². The summed E-state index contributed by atoms with van der Waals surface area (Å²) in [6.45, 7) is 1.45. The fourth-order valence-electron chi connectivity index (χ4n) is 1.19. The van der Waals surface area contributed by atoms with Gasteiger partial charge in [-0.1, -0.05) is 12.2 Å². The standard InChI is InChI=1S/C14H14O3/c1-11(15)5-3-4-6-14(16)12-7-9-13(17-2)10-8-12/h3-10H,1-2H3/b5-3+,6-4+. The summed E-state index contributed by atoms with van der Waals surface area (Å²) in [6.07, 6.45) is 5.91. The second-order valence-electron chi connectivity index (χ2n) is 3.42. The first kappa shape index (κ1) is 12.9. The molecule has 88 valence electrons. The summed E-state index contributed by atoms with van der Waals surface area (Å²) < 4.78 is 5.00. The number of methoxy groups -OCH3 is 1. The maximum absolute atomic E-state index is 11.6. The molecule has 0 bridgehead atoms. The second-order valence-corrected chi connectivity index (χ2v) is 3.42. The van der Waals surface area contributed by atoms with Crippen LogP contribution in [0.15, 0.2) is 48.6 Å². The SMILES string of the molecule is COc1ccc(C(=O)/C=C/C=C/C(C)=O)cc1. The van der Waals surface area contributed by atoms with Crippen molar-refractivity contribution in [3.8, 4) is 5.75 Å².